The number of rotatable bonds is 5. The van der Waals surface area contributed by atoms with Gasteiger partial charge in [0.15, 0.2) is 0 Å². The average molecular weight is 493 g/mol. The fourth-order valence-electron chi connectivity index (χ4n) is 3.50. The van der Waals surface area contributed by atoms with Crippen LogP contribution in [0.4, 0.5) is 18.9 Å². The Bertz CT molecular complexity index is 1110. The lowest BCUT2D eigenvalue weighted by Gasteiger charge is -2.34. The van der Waals surface area contributed by atoms with Crippen LogP contribution in [-0.2, 0) is 14.8 Å². The minimum atomic E-state index is -4.88. The molecule has 1 aliphatic rings. The van der Waals surface area contributed by atoms with Crippen molar-refractivity contribution in [3.63, 3.8) is 0 Å². The van der Waals surface area contributed by atoms with E-state index in [1.165, 1.54) is 36.4 Å². The first kappa shape index (κ1) is 24.3. The van der Waals surface area contributed by atoms with Crippen molar-refractivity contribution in [1.29, 1.82) is 0 Å². The Morgan fingerprint density at radius 2 is 1.91 bits per heavy atom. The maximum Gasteiger partial charge on any atom is 0.573 e. The highest BCUT2D eigenvalue weighted by molar-refractivity contribution is 7.88. The molecule has 1 fully saturated rings. The molecular weight excluding hydrogens is 473 g/mol. The minimum Gasteiger partial charge on any atom is -0.405 e. The highest BCUT2D eigenvalue weighted by Gasteiger charge is 2.38. The molecule has 1 saturated heterocycles. The van der Waals surface area contributed by atoms with E-state index >= 15 is 0 Å². The van der Waals surface area contributed by atoms with E-state index in [2.05, 4.69) is 10.1 Å². The van der Waals surface area contributed by atoms with Gasteiger partial charge in [0, 0.05) is 23.4 Å². The number of ether oxygens (including phenoxy) is 1. The summed E-state index contributed by atoms with van der Waals surface area (Å²) >= 11 is 6.27. The van der Waals surface area contributed by atoms with Crippen molar-refractivity contribution < 1.29 is 36.2 Å². The second kappa shape index (κ2) is 9.26. The van der Waals surface area contributed by atoms with Crippen LogP contribution in [0.1, 0.15) is 12.8 Å². The van der Waals surface area contributed by atoms with Crippen molar-refractivity contribution >= 4 is 33.2 Å². The van der Waals surface area contributed by atoms with Crippen molar-refractivity contribution in [1.82, 2.24) is 4.31 Å². The van der Waals surface area contributed by atoms with Gasteiger partial charge in [-0.15, -0.1) is 13.2 Å². The first-order chi connectivity index (χ1) is 14.8. The van der Waals surface area contributed by atoms with Crippen LogP contribution >= 0.6 is 11.6 Å². The molecule has 0 radical (unpaired) electrons. The van der Waals surface area contributed by atoms with Gasteiger partial charge in [-0.05, 0) is 31.0 Å². The molecule has 2 aromatic rings. The number of piperidine rings is 1. The Labute approximate surface area is 187 Å². The Morgan fingerprint density at radius 1 is 1.22 bits per heavy atom. The number of aliphatic hydroxyl groups is 1. The number of carbonyl (C=O) groups excluding carboxylic acids is 1. The van der Waals surface area contributed by atoms with E-state index in [1.54, 1.807) is 0 Å². The molecule has 3 rings (SSSR count). The predicted molar refractivity (Wildman–Crippen MR) is 113 cm³/mol. The molecule has 2 atom stereocenters. The maximum absolute atomic E-state index is 12.7. The van der Waals surface area contributed by atoms with Gasteiger partial charge in [0.1, 0.15) is 11.8 Å². The van der Waals surface area contributed by atoms with Crippen LogP contribution in [0, 0.1) is 0 Å². The maximum atomic E-state index is 12.7. The molecule has 1 amide bonds. The number of aliphatic hydroxyl groups excluding tert-OH is 1. The smallest absolute Gasteiger partial charge is 0.405 e. The van der Waals surface area contributed by atoms with Crippen LogP contribution in [0.3, 0.4) is 0 Å². The molecule has 0 spiro atoms. The molecule has 0 aromatic heterocycles. The number of halogens is 4. The monoisotopic (exact) mass is 492 g/mol. The number of benzene rings is 2. The summed E-state index contributed by atoms with van der Waals surface area (Å²) in [5.74, 6) is -1.09. The standard InChI is InChI=1S/C20H20ClF3N2O5S/c1-32(29,30)26-9-8-13(27)11-17(26)19(28)25-12-6-7-14(16(21)10-12)15-4-2-3-5-18(15)31-20(22,23)24/h2-7,10,13,17,27H,8-9,11H2,1H3,(H,25,28)/t13-,17+/m0/s1. The molecule has 1 aliphatic heterocycles. The molecule has 0 unspecified atom stereocenters. The van der Waals surface area contributed by atoms with Crippen molar-refractivity contribution in [2.45, 2.75) is 31.3 Å². The van der Waals surface area contributed by atoms with Crippen LogP contribution in [-0.4, -0.2) is 55.0 Å². The number of nitrogens with one attached hydrogen (secondary N) is 1. The molecule has 0 bridgehead atoms. The summed E-state index contributed by atoms with van der Waals surface area (Å²) < 4.78 is 67.2. The third-order valence-electron chi connectivity index (χ3n) is 4.89. The first-order valence-electron chi connectivity index (χ1n) is 9.45. The van der Waals surface area contributed by atoms with Gasteiger partial charge in [0.25, 0.3) is 0 Å². The number of alkyl halides is 3. The summed E-state index contributed by atoms with van der Waals surface area (Å²) in [4.78, 5) is 12.7. The summed E-state index contributed by atoms with van der Waals surface area (Å²) in [6.45, 7) is 0.00771. The zero-order chi connectivity index (χ0) is 23.7. The van der Waals surface area contributed by atoms with E-state index in [0.717, 1.165) is 16.6 Å². The van der Waals surface area contributed by atoms with Crippen LogP contribution in [0.15, 0.2) is 42.5 Å². The van der Waals surface area contributed by atoms with Gasteiger partial charge in [0.05, 0.1) is 17.4 Å². The molecule has 174 valence electrons. The minimum absolute atomic E-state index is 0.00771. The third-order valence-corrected chi connectivity index (χ3v) is 6.50. The van der Waals surface area contributed by atoms with Gasteiger partial charge in [-0.25, -0.2) is 8.42 Å². The van der Waals surface area contributed by atoms with Crippen molar-refractivity contribution in [3.05, 3.63) is 47.5 Å². The number of para-hydroxylation sites is 1. The van der Waals surface area contributed by atoms with Crippen LogP contribution in [0.5, 0.6) is 5.75 Å². The summed E-state index contributed by atoms with van der Waals surface area (Å²) in [6, 6.07) is 8.56. The summed E-state index contributed by atoms with van der Waals surface area (Å²) in [7, 11) is -3.68. The van der Waals surface area contributed by atoms with E-state index < -0.39 is 40.2 Å². The molecule has 2 aromatic carbocycles. The second-order valence-corrected chi connectivity index (χ2v) is 9.64. The average Bonchev–Trinajstić information content (AvgIpc) is 2.66. The van der Waals surface area contributed by atoms with Gasteiger partial charge >= 0.3 is 6.36 Å². The van der Waals surface area contributed by atoms with Gasteiger partial charge < -0.3 is 15.2 Å². The Kier molecular flexibility index (Phi) is 7.03. The SMILES string of the molecule is CS(=O)(=O)N1CC[C@H](O)C[C@@H]1C(=O)Nc1ccc(-c2ccccc2OC(F)(F)F)c(Cl)c1. The van der Waals surface area contributed by atoms with Crippen LogP contribution in [0.2, 0.25) is 5.02 Å². The number of hydrogen-bond donors (Lipinski definition) is 2. The number of nitrogens with zero attached hydrogens (tertiary/aromatic N) is 1. The Balaban J connectivity index is 1.84. The number of sulfonamides is 1. The fourth-order valence-corrected chi connectivity index (χ4v) is 4.86. The van der Waals surface area contributed by atoms with Crippen LogP contribution in [0.25, 0.3) is 11.1 Å². The second-order valence-electron chi connectivity index (χ2n) is 7.30. The molecule has 0 saturated carbocycles. The predicted octanol–water partition coefficient (Wildman–Crippen LogP) is 3.63. The molecule has 7 nitrogen and oxygen atoms in total. The molecular formula is C20H20ClF3N2O5S. The van der Waals surface area contributed by atoms with E-state index in [4.69, 9.17) is 11.6 Å². The lowest BCUT2D eigenvalue weighted by molar-refractivity contribution is -0.274. The number of carbonyl (C=O) groups is 1. The van der Waals surface area contributed by atoms with Crippen molar-refractivity contribution in [3.8, 4) is 16.9 Å². The van der Waals surface area contributed by atoms with Gasteiger partial charge in [-0.3, -0.25) is 4.79 Å². The molecule has 0 aliphatic carbocycles. The van der Waals surface area contributed by atoms with E-state index in [-0.39, 0.29) is 41.2 Å². The lowest BCUT2D eigenvalue weighted by atomic mass is 10.0. The highest BCUT2D eigenvalue weighted by atomic mass is 35.5. The number of hydrogen-bond acceptors (Lipinski definition) is 5. The van der Waals surface area contributed by atoms with Crippen LogP contribution < -0.4 is 10.1 Å². The fraction of sp³-hybridized carbons (Fsp3) is 0.350. The number of amides is 1. The molecule has 12 heteroatoms. The van der Waals surface area contributed by atoms with Crippen molar-refractivity contribution in [2.24, 2.45) is 0 Å². The molecule has 32 heavy (non-hydrogen) atoms. The summed E-state index contributed by atoms with van der Waals surface area (Å²) in [5.41, 5.74) is 0.563. The topological polar surface area (TPSA) is 95.9 Å². The normalized spacial score (nSPS) is 20.1. The zero-order valence-electron chi connectivity index (χ0n) is 16.8. The van der Waals surface area contributed by atoms with E-state index in [0.29, 0.717) is 0 Å². The van der Waals surface area contributed by atoms with Gasteiger partial charge in [-0.1, -0.05) is 35.9 Å². The van der Waals surface area contributed by atoms with E-state index in [9.17, 15) is 31.5 Å². The molecule has 1 heterocycles. The lowest BCUT2D eigenvalue weighted by Crippen LogP contribution is -2.52. The van der Waals surface area contributed by atoms with E-state index in [1.807, 2.05) is 0 Å². The summed E-state index contributed by atoms with van der Waals surface area (Å²) in [5, 5.41) is 12.5. The Morgan fingerprint density at radius 3 is 2.53 bits per heavy atom. The first-order valence-corrected chi connectivity index (χ1v) is 11.7. The van der Waals surface area contributed by atoms with Gasteiger partial charge in [-0.2, -0.15) is 4.31 Å². The Hall–Kier alpha value is -2.34. The third kappa shape index (κ3) is 5.91. The quantitative estimate of drug-likeness (QED) is 0.664. The zero-order valence-corrected chi connectivity index (χ0v) is 18.3. The summed E-state index contributed by atoms with van der Waals surface area (Å²) in [6.07, 6.45) is -4.56. The highest BCUT2D eigenvalue weighted by Crippen LogP contribution is 2.38. The molecule has 2 N–H and O–H groups in total. The largest absolute Gasteiger partial charge is 0.573 e. The van der Waals surface area contributed by atoms with Gasteiger partial charge in [0.2, 0.25) is 15.9 Å². The number of anilines is 1. The van der Waals surface area contributed by atoms with Crippen molar-refractivity contribution in [2.75, 3.05) is 18.1 Å².